The molecule has 1 fully saturated rings. The molecule has 1 aliphatic heterocycles. The molecule has 0 atom stereocenters. The van der Waals surface area contributed by atoms with Crippen molar-refractivity contribution in [2.45, 2.75) is 39.0 Å². The van der Waals surface area contributed by atoms with Gasteiger partial charge in [-0.1, -0.05) is 20.8 Å². The van der Waals surface area contributed by atoms with Gasteiger partial charge in [-0.3, -0.25) is 14.7 Å². The monoisotopic (exact) mass is 219 g/mol. The number of carbonyl (C=O) groups excluding carboxylic acids is 1. The molecule has 0 bridgehead atoms. The minimum atomic E-state index is 0.000544. The van der Waals surface area contributed by atoms with Gasteiger partial charge in [-0.25, -0.2) is 4.98 Å². The summed E-state index contributed by atoms with van der Waals surface area (Å²) in [5.74, 6) is 0.827. The van der Waals surface area contributed by atoms with Gasteiger partial charge >= 0.3 is 0 Å². The summed E-state index contributed by atoms with van der Waals surface area (Å²) >= 11 is 0. The molecule has 1 aromatic heterocycles. The van der Waals surface area contributed by atoms with Crippen molar-refractivity contribution in [2.24, 2.45) is 0 Å². The Hall–Kier alpha value is -1.45. The molecule has 4 heteroatoms. The molecule has 0 aromatic carbocycles. The average molecular weight is 219 g/mol. The zero-order valence-electron chi connectivity index (χ0n) is 10.0. The molecule has 1 amide bonds. The van der Waals surface area contributed by atoms with E-state index in [1.54, 1.807) is 17.3 Å². The van der Waals surface area contributed by atoms with Gasteiger partial charge in [-0.15, -0.1) is 0 Å². The van der Waals surface area contributed by atoms with Crippen LogP contribution in [0.15, 0.2) is 12.4 Å². The third-order valence-electron chi connectivity index (χ3n) is 2.76. The third kappa shape index (κ3) is 2.05. The Morgan fingerprint density at radius 3 is 2.44 bits per heavy atom. The van der Waals surface area contributed by atoms with E-state index in [9.17, 15) is 4.79 Å². The normalized spacial score (nSPS) is 16.9. The van der Waals surface area contributed by atoms with Crippen molar-refractivity contribution in [3.05, 3.63) is 18.1 Å². The minimum absolute atomic E-state index is 0.000544. The summed E-state index contributed by atoms with van der Waals surface area (Å²) < 4.78 is 0. The molecule has 16 heavy (non-hydrogen) atoms. The predicted molar refractivity (Wildman–Crippen MR) is 62.3 cm³/mol. The van der Waals surface area contributed by atoms with Gasteiger partial charge in [-0.05, 0) is 6.42 Å². The number of hydrogen-bond acceptors (Lipinski definition) is 3. The Kier molecular flexibility index (Phi) is 2.66. The predicted octanol–water partition coefficient (Wildman–Crippen LogP) is 1.90. The SMILES string of the molecule is CC(C)(C)c1cnc(N2CCCC2=O)cn1. The number of hydrogen-bond donors (Lipinski definition) is 0. The molecule has 2 rings (SSSR count). The number of aromatic nitrogens is 2. The summed E-state index contributed by atoms with van der Waals surface area (Å²) in [5, 5.41) is 0. The fraction of sp³-hybridized carbons (Fsp3) is 0.583. The van der Waals surface area contributed by atoms with Gasteiger partial charge in [0.25, 0.3) is 0 Å². The third-order valence-corrected chi connectivity index (χ3v) is 2.76. The van der Waals surface area contributed by atoms with E-state index < -0.39 is 0 Å². The second-order valence-corrected chi connectivity index (χ2v) is 5.16. The quantitative estimate of drug-likeness (QED) is 0.724. The summed E-state index contributed by atoms with van der Waals surface area (Å²) in [4.78, 5) is 21.9. The van der Waals surface area contributed by atoms with Crippen LogP contribution >= 0.6 is 0 Å². The van der Waals surface area contributed by atoms with Crippen LogP contribution in [0.5, 0.6) is 0 Å². The van der Waals surface area contributed by atoms with Crippen LogP contribution in [0.1, 0.15) is 39.3 Å². The first kappa shape index (κ1) is 11.0. The molecule has 0 unspecified atom stereocenters. The van der Waals surface area contributed by atoms with E-state index in [0.29, 0.717) is 12.2 Å². The van der Waals surface area contributed by atoms with Crippen molar-refractivity contribution in [2.75, 3.05) is 11.4 Å². The van der Waals surface area contributed by atoms with Gasteiger partial charge in [0.1, 0.15) is 0 Å². The van der Waals surface area contributed by atoms with Gasteiger partial charge in [-0.2, -0.15) is 0 Å². The Morgan fingerprint density at radius 1 is 1.25 bits per heavy atom. The summed E-state index contributed by atoms with van der Waals surface area (Å²) in [6.07, 6.45) is 5.01. The lowest BCUT2D eigenvalue weighted by Crippen LogP contribution is -2.25. The van der Waals surface area contributed by atoms with Gasteiger partial charge in [0, 0.05) is 18.4 Å². The first-order chi connectivity index (χ1) is 7.48. The lowest BCUT2D eigenvalue weighted by Gasteiger charge is -2.19. The van der Waals surface area contributed by atoms with E-state index in [2.05, 4.69) is 30.7 Å². The average Bonchev–Trinajstić information content (AvgIpc) is 2.63. The van der Waals surface area contributed by atoms with Crippen LogP contribution in [0, 0.1) is 0 Å². The second-order valence-electron chi connectivity index (χ2n) is 5.16. The summed E-state index contributed by atoms with van der Waals surface area (Å²) in [5.41, 5.74) is 0.948. The Morgan fingerprint density at radius 2 is 2.00 bits per heavy atom. The zero-order valence-corrected chi connectivity index (χ0v) is 10.0. The molecule has 0 aliphatic carbocycles. The van der Waals surface area contributed by atoms with Crippen LogP contribution in [0.3, 0.4) is 0 Å². The summed E-state index contributed by atoms with van der Waals surface area (Å²) in [7, 11) is 0. The number of carbonyl (C=O) groups is 1. The molecule has 0 saturated carbocycles. The fourth-order valence-electron chi connectivity index (χ4n) is 1.74. The minimum Gasteiger partial charge on any atom is -0.296 e. The number of amides is 1. The Labute approximate surface area is 95.7 Å². The molecular weight excluding hydrogens is 202 g/mol. The van der Waals surface area contributed by atoms with Crippen molar-refractivity contribution in [3.63, 3.8) is 0 Å². The van der Waals surface area contributed by atoms with Crippen LogP contribution in [-0.2, 0) is 10.2 Å². The zero-order chi connectivity index (χ0) is 11.8. The highest BCUT2D eigenvalue weighted by Crippen LogP contribution is 2.22. The van der Waals surface area contributed by atoms with Crippen molar-refractivity contribution in [3.8, 4) is 0 Å². The molecule has 86 valence electrons. The maximum Gasteiger partial charge on any atom is 0.228 e. The highest BCUT2D eigenvalue weighted by molar-refractivity contribution is 5.94. The van der Waals surface area contributed by atoms with Crippen LogP contribution in [-0.4, -0.2) is 22.4 Å². The Bertz CT molecular complexity index is 392. The van der Waals surface area contributed by atoms with Crippen molar-refractivity contribution < 1.29 is 4.79 Å². The molecule has 1 aliphatic rings. The van der Waals surface area contributed by atoms with Crippen molar-refractivity contribution in [1.29, 1.82) is 0 Å². The smallest absolute Gasteiger partial charge is 0.228 e. The highest BCUT2D eigenvalue weighted by Gasteiger charge is 2.23. The molecule has 0 N–H and O–H groups in total. The van der Waals surface area contributed by atoms with E-state index >= 15 is 0 Å². The molecule has 1 aromatic rings. The van der Waals surface area contributed by atoms with E-state index in [0.717, 1.165) is 18.7 Å². The van der Waals surface area contributed by atoms with E-state index in [-0.39, 0.29) is 11.3 Å². The molecule has 0 spiro atoms. The molecular formula is C12H17N3O. The van der Waals surface area contributed by atoms with Gasteiger partial charge < -0.3 is 0 Å². The van der Waals surface area contributed by atoms with E-state index in [1.807, 2.05) is 0 Å². The fourth-order valence-corrected chi connectivity index (χ4v) is 1.74. The largest absolute Gasteiger partial charge is 0.296 e. The molecule has 0 radical (unpaired) electrons. The van der Waals surface area contributed by atoms with Crippen molar-refractivity contribution in [1.82, 2.24) is 9.97 Å². The van der Waals surface area contributed by atoms with Crippen LogP contribution in [0.25, 0.3) is 0 Å². The maximum atomic E-state index is 11.5. The first-order valence-corrected chi connectivity index (χ1v) is 5.61. The number of rotatable bonds is 1. The van der Waals surface area contributed by atoms with E-state index in [1.165, 1.54) is 0 Å². The molecule has 2 heterocycles. The number of nitrogens with zero attached hydrogens (tertiary/aromatic N) is 3. The molecule has 4 nitrogen and oxygen atoms in total. The molecule has 1 saturated heterocycles. The summed E-state index contributed by atoms with van der Waals surface area (Å²) in [6.45, 7) is 7.05. The van der Waals surface area contributed by atoms with Crippen LogP contribution in [0.2, 0.25) is 0 Å². The maximum absolute atomic E-state index is 11.5. The second kappa shape index (κ2) is 3.85. The van der Waals surface area contributed by atoms with Gasteiger partial charge in [0.15, 0.2) is 5.82 Å². The Balaban J connectivity index is 2.22. The highest BCUT2D eigenvalue weighted by atomic mass is 16.2. The van der Waals surface area contributed by atoms with E-state index in [4.69, 9.17) is 0 Å². The first-order valence-electron chi connectivity index (χ1n) is 5.61. The standard InChI is InChI=1S/C12H17N3O/c1-12(2,3)9-7-14-10(8-13-9)15-6-4-5-11(15)16/h7-8H,4-6H2,1-3H3. The van der Waals surface area contributed by atoms with Crippen molar-refractivity contribution >= 4 is 11.7 Å². The lowest BCUT2D eigenvalue weighted by atomic mass is 9.93. The lowest BCUT2D eigenvalue weighted by molar-refractivity contribution is -0.117. The van der Waals surface area contributed by atoms with Gasteiger partial charge in [0.2, 0.25) is 5.91 Å². The topological polar surface area (TPSA) is 46.1 Å². The number of anilines is 1. The summed E-state index contributed by atoms with van der Waals surface area (Å²) in [6, 6.07) is 0. The van der Waals surface area contributed by atoms with Gasteiger partial charge in [0.05, 0.1) is 18.1 Å². The van der Waals surface area contributed by atoms with Crippen LogP contribution in [0.4, 0.5) is 5.82 Å². The van der Waals surface area contributed by atoms with Crippen LogP contribution < -0.4 is 4.90 Å².